The quantitative estimate of drug-likeness (QED) is 0.687. The summed E-state index contributed by atoms with van der Waals surface area (Å²) in [6.45, 7) is 3.17. The van der Waals surface area contributed by atoms with Gasteiger partial charge in [0.15, 0.2) is 0 Å². The first kappa shape index (κ1) is 17.7. The number of hydrogen-bond donors (Lipinski definition) is 2. The first-order chi connectivity index (χ1) is 13.2. The highest BCUT2D eigenvalue weighted by Gasteiger charge is 2.15. The Kier molecular flexibility index (Phi) is 5.14. The lowest BCUT2D eigenvalue weighted by atomic mass is 9.95. The van der Waals surface area contributed by atoms with Gasteiger partial charge in [0.05, 0.1) is 13.0 Å². The van der Waals surface area contributed by atoms with Crippen LogP contribution in [0.15, 0.2) is 42.5 Å². The van der Waals surface area contributed by atoms with Crippen LogP contribution in [0.2, 0.25) is 0 Å². The van der Waals surface area contributed by atoms with Gasteiger partial charge in [-0.2, -0.15) is 0 Å². The largest absolute Gasteiger partial charge is 0.494 e. The fourth-order valence-corrected chi connectivity index (χ4v) is 3.88. The Morgan fingerprint density at radius 1 is 1.07 bits per heavy atom. The van der Waals surface area contributed by atoms with Crippen LogP contribution in [0.5, 0.6) is 5.75 Å². The molecule has 0 unspecified atom stereocenters. The molecule has 0 atom stereocenters. The van der Waals surface area contributed by atoms with Crippen molar-refractivity contribution in [3.05, 3.63) is 64.8 Å². The molecule has 4 nitrogen and oxygen atoms in total. The Hall–Kier alpha value is -2.75. The standard InChI is InChI=1S/C23H26N2O2/c1-2-27-18-10-7-16(8-11-18)14-23(26)24-15-17-9-12-22-20(13-17)19-5-3-4-6-21(19)25-22/h7-13,25H,2-6,14-15H2,1H3,(H,24,26). The number of carbonyl (C=O) groups excluding carboxylic acids is 1. The summed E-state index contributed by atoms with van der Waals surface area (Å²) in [5.41, 5.74) is 6.22. The maximum absolute atomic E-state index is 12.3. The van der Waals surface area contributed by atoms with E-state index in [4.69, 9.17) is 4.74 Å². The fourth-order valence-electron chi connectivity index (χ4n) is 3.88. The lowest BCUT2D eigenvalue weighted by Crippen LogP contribution is -2.24. The molecule has 0 saturated heterocycles. The molecule has 4 rings (SSSR count). The van der Waals surface area contributed by atoms with Crippen LogP contribution in [-0.4, -0.2) is 17.5 Å². The van der Waals surface area contributed by atoms with Gasteiger partial charge in [0.25, 0.3) is 0 Å². The summed E-state index contributed by atoms with van der Waals surface area (Å²) in [6, 6.07) is 14.2. The van der Waals surface area contributed by atoms with Gasteiger partial charge in [0, 0.05) is 23.1 Å². The molecule has 1 aliphatic carbocycles. The minimum Gasteiger partial charge on any atom is -0.494 e. The molecule has 1 amide bonds. The monoisotopic (exact) mass is 362 g/mol. The third-order valence-corrected chi connectivity index (χ3v) is 5.25. The van der Waals surface area contributed by atoms with Gasteiger partial charge in [0.2, 0.25) is 5.91 Å². The van der Waals surface area contributed by atoms with Gasteiger partial charge in [-0.15, -0.1) is 0 Å². The second-order valence-electron chi connectivity index (χ2n) is 7.20. The zero-order chi connectivity index (χ0) is 18.6. The van der Waals surface area contributed by atoms with Crippen LogP contribution in [0.25, 0.3) is 10.9 Å². The van der Waals surface area contributed by atoms with Crippen LogP contribution in [0.3, 0.4) is 0 Å². The molecule has 0 aliphatic heterocycles. The molecular weight excluding hydrogens is 336 g/mol. The lowest BCUT2D eigenvalue weighted by Gasteiger charge is -2.11. The highest BCUT2D eigenvalue weighted by molar-refractivity contribution is 5.86. The van der Waals surface area contributed by atoms with E-state index in [1.165, 1.54) is 35.0 Å². The fraction of sp³-hybridized carbons (Fsp3) is 0.348. The van der Waals surface area contributed by atoms with Crippen LogP contribution in [0.4, 0.5) is 0 Å². The van der Waals surface area contributed by atoms with Gasteiger partial charge in [-0.3, -0.25) is 4.79 Å². The van der Waals surface area contributed by atoms with E-state index in [-0.39, 0.29) is 5.91 Å². The Morgan fingerprint density at radius 3 is 2.67 bits per heavy atom. The van der Waals surface area contributed by atoms with Gasteiger partial charge in [-0.05, 0) is 73.6 Å². The maximum atomic E-state index is 12.3. The van der Waals surface area contributed by atoms with Crippen molar-refractivity contribution in [3.8, 4) is 5.75 Å². The minimum atomic E-state index is 0.0374. The van der Waals surface area contributed by atoms with Crippen molar-refractivity contribution in [2.45, 2.75) is 45.6 Å². The molecule has 140 valence electrons. The number of hydrogen-bond acceptors (Lipinski definition) is 2. The molecule has 3 aromatic rings. The van der Waals surface area contributed by atoms with Crippen molar-refractivity contribution in [2.24, 2.45) is 0 Å². The van der Waals surface area contributed by atoms with Gasteiger partial charge in [0.1, 0.15) is 5.75 Å². The van der Waals surface area contributed by atoms with E-state index in [0.29, 0.717) is 19.6 Å². The molecule has 4 heteroatoms. The van der Waals surface area contributed by atoms with E-state index in [1.807, 2.05) is 31.2 Å². The van der Waals surface area contributed by atoms with Crippen molar-refractivity contribution in [1.29, 1.82) is 0 Å². The number of carbonyl (C=O) groups is 1. The van der Waals surface area contributed by atoms with Crippen LogP contribution in [0, 0.1) is 0 Å². The average molecular weight is 362 g/mol. The van der Waals surface area contributed by atoms with E-state index < -0.39 is 0 Å². The molecule has 0 bridgehead atoms. The average Bonchev–Trinajstić information content (AvgIpc) is 3.06. The Balaban J connectivity index is 1.38. The number of amides is 1. The normalized spacial score (nSPS) is 13.4. The summed E-state index contributed by atoms with van der Waals surface area (Å²) < 4.78 is 5.44. The van der Waals surface area contributed by atoms with Crippen LogP contribution in [0.1, 0.15) is 42.1 Å². The third-order valence-electron chi connectivity index (χ3n) is 5.25. The highest BCUT2D eigenvalue weighted by atomic mass is 16.5. The minimum absolute atomic E-state index is 0.0374. The number of aromatic amines is 1. The number of fused-ring (bicyclic) bond motifs is 3. The Bertz CT molecular complexity index is 941. The Labute approximate surface area is 159 Å². The summed E-state index contributed by atoms with van der Waals surface area (Å²) in [6.07, 6.45) is 5.23. The molecular formula is C23H26N2O2. The van der Waals surface area contributed by atoms with E-state index >= 15 is 0 Å². The SMILES string of the molecule is CCOc1ccc(CC(=O)NCc2ccc3[nH]c4c(c3c2)CCCC4)cc1. The zero-order valence-corrected chi connectivity index (χ0v) is 15.8. The van der Waals surface area contributed by atoms with Crippen LogP contribution >= 0.6 is 0 Å². The number of aryl methyl sites for hydroxylation is 2. The van der Waals surface area contributed by atoms with Crippen molar-refractivity contribution in [2.75, 3.05) is 6.61 Å². The number of rotatable bonds is 6. The topological polar surface area (TPSA) is 54.1 Å². The number of aromatic nitrogens is 1. The molecule has 0 radical (unpaired) electrons. The van der Waals surface area contributed by atoms with Crippen molar-refractivity contribution >= 4 is 16.8 Å². The molecule has 1 heterocycles. The first-order valence-electron chi connectivity index (χ1n) is 9.83. The molecule has 27 heavy (non-hydrogen) atoms. The molecule has 0 spiro atoms. The Morgan fingerprint density at radius 2 is 1.85 bits per heavy atom. The van der Waals surface area contributed by atoms with Gasteiger partial charge in [-0.25, -0.2) is 0 Å². The second-order valence-corrected chi connectivity index (χ2v) is 7.20. The maximum Gasteiger partial charge on any atom is 0.224 e. The molecule has 2 aromatic carbocycles. The van der Waals surface area contributed by atoms with Gasteiger partial charge >= 0.3 is 0 Å². The van der Waals surface area contributed by atoms with Gasteiger partial charge in [-0.1, -0.05) is 18.2 Å². The summed E-state index contributed by atoms with van der Waals surface area (Å²) in [5, 5.41) is 4.37. The lowest BCUT2D eigenvalue weighted by molar-refractivity contribution is -0.120. The predicted octanol–water partition coefficient (Wildman–Crippen LogP) is 4.30. The van der Waals surface area contributed by atoms with Crippen LogP contribution < -0.4 is 10.1 Å². The summed E-state index contributed by atoms with van der Waals surface area (Å²) in [5.74, 6) is 0.875. The summed E-state index contributed by atoms with van der Waals surface area (Å²) >= 11 is 0. The number of benzene rings is 2. The van der Waals surface area contributed by atoms with E-state index in [2.05, 4.69) is 28.5 Å². The van der Waals surface area contributed by atoms with E-state index in [0.717, 1.165) is 29.7 Å². The van der Waals surface area contributed by atoms with E-state index in [9.17, 15) is 4.79 Å². The second kappa shape index (κ2) is 7.87. The number of ether oxygens (including phenoxy) is 1. The van der Waals surface area contributed by atoms with E-state index in [1.54, 1.807) is 0 Å². The summed E-state index contributed by atoms with van der Waals surface area (Å²) in [7, 11) is 0. The molecule has 0 saturated carbocycles. The highest BCUT2D eigenvalue weighted by Crippen LogP contribution is 2.29. The summed E-state index contributed by atoms with van der Waals surface area (Å²) in [4.78, 5) is 15.9. The molecule has 0 fully saturated rings. The zero-order valence-electron chi connectivity index (χ0n) is 15.8. The third kappa shape index (κ3) is 4.00. The number of nitrogens with one attached hydrogen (secondary N) is 2. The van der Waals surface area contributed by atoms with Gasteiger partial charge < -0.3 is 15.0 Å². The smallest absolute Gasteiger partial charge is 0.224 e. The predicted molar refractivity (Wildman–Crippen MR) is 108 cm³/mol. The van der Waals surface area contributed by atoms with Crippen LogP contribution in [-0.2, 0) is 30.6 Å². The van der Waals surface area contributed by atoms with Crippen molar-refractivity contribution < 1.29 is 9.53 Å². The molecule has 1 aliphatic rings. The number of H-pyrrole nitrogens is 1. The first-order valence-corrected chi connectivity index (χ1v) is 9.83. The molecule has 1 aromatic heterocycles. The molecule has 2 N–H and O–H groups in total. The van der Waals surface area contributed by atoms with Crippen molar-refractivity contribution in [3.63, 3.8) is 0 Å². The van der Waals surface area contributed by atoms with Crippen molar-refractivity contribution in [1.82, 2.24) is 10.3 Å².